The predicted octanol–water partition coefficient (Wildman–Crippen LogP) is 2.37. The predicted molar refractivity (Wildman–Crippen MR) is 88.3 cm³/mol. The summed E-state index contributed by atoms with van der Waals surface area (Å²) in [5.74, 6) is 1.94. The Morgan fingerprint density at radius 2 is 1.91 bits per heavy atom. The number of nitrogens with zero attached hydrogens (tertiary/aromatic N) is 3. The molecule has 0 radical (unpaired) electrons. The van der Waals surface area contributed by atoms with Crippen molar-refractivity contribution in [1.29, 1.82) is 0 Å². The maximum absolute atomic E-state index is 6.13. The SMILES string of the molecule is Cc1noc(C)c1CN1CC[C@@H]2[C@@H](CC1)OCCN2CC1CC1. The molecule has 1 aliphatic carbocycles. The smallest absolute Gasteiger partial charge is 0.138 e. The number of likely N-dealkylation sites (tertiary alicyclic amines) is 1. The third-order valence-electron chi connectivity index (χ3n) is 5.83. The van der Waals surface area contributed by atoms with E-state index in [-0.39, 0.29) is 0 Å². The Kier molecular flexibility index (Phi) is 4.43. The van der Waals surface area contributed by atoms with Gasteiger partial charge in [0.15, 0.2) is 0 Å². The van der Waals surface area contributed by atoms with Crippen LogP contribution >= 0.6 is 0 Å². The lowest BCUT2D eigenvalue weighted by atomic mass is 10.0. The average Bonchev–Trinajstić information content (AvgIpc) is 3.33. The normalized spacial score (nSPS) is 30.2. The monoisotopic (exact) mass is 319 g/mol. The van der Waals surface area contributed by atoms with E-state index in [1.807, 2.05) is 13.8 Å². The van der Waals surface area contributed by atoms with Crippen LogP contribution in [0.4, 0.5) is 0 Å². The molecule has 2 saturated heterocycles. The van der Waals surface area contributed by atoms with Crippen molar-refractivity contribution < 1.29 is 9.26 Å². The summed E-state index contributed by atoms with van der Waals surface area (Å²) in [5, 5.41) is 4.09. The Balaban J connectivity index is 1.40. The fourth-order valence-corrected chi connectivity index (χ4v) is 4.18. The second-order valence-corrected chi connectivity index (χ2v) is 7.57. The molecule has 3 fully saturated rings. The third kappa shape index (κ3) is 3.47. The standard InChI is InChI=1S/C18H29N3O2/c1-13-16(14(2)23-19-13)12-20-7-5-17-18(6-8-20)22-10-9-21(17)11-15-3-4-15/h15,17-18H,3-12H2,1-2H3/t17-,18-/m1/s1. The topological polar surface area (TPSA) is 41.7 Å². The molecule has 3 heterocycles. The Labute approximate surface area is 138 Å². The van der Waals surface area contributed by atoms with Gasteiger partial charge in [-0.15, -0.1) is 0 Å². The number of ether oxygens (including phenoxy) is 1. The second kappa shape index (κ2) is 6.54. The van der Waals surface area contributed by atoms with Crippen molar-refractivity contribution in [2.75, 3.05) is 32.8 Å². The zero-order chi connectivity index (χ0) is 15.8. The van der Waals surface area contributed by atoms with E-state index in [9.17, 15) is 0 Å². The lowest BCUT2D eigenvalue weighted by Gasteiger charge is -2.40. The molecule has 0 unspecified atom stereocenters. The highest BCUT2D eigenvalue weighted by atomic mass is 16.5. The summed E-state index contributed by atoms with van der Waals surface area (Å²) in [6.45, 7) is 10.6. The van der Waals surface area contributed by atoms with Crippen LogP contribution in [-0.2, 0) is 11.3 Å². The molecule has 23 heavy (non-hydrogen) atoms. The molecule has 1 aromatic heterocycles. The zero-order valence-electron chi connectivity index (χ0n) is 14.5. The molecule has 3 aliphatic rings. The molecule has 0 amide bonds. The minimum absolute atomic E-state index is 0.428. The Bertz CT molecular complexity index is 521. The summed E-state index contributed by atoms with van der Waals surface area (Å²) in [5.41, 5.74) is 2.31. The molecule has 1 aromatic rings. The highest BCUT2D eigenvalue weighted by Gasteiger charge is 2.37. The van der Waals surface area contributed by atoms with Crippen LogP contribution in [0.1, 0.15) is 42.7 Å². The molecule has 0 aromatic carbocycles. The van der Waals surface area contributed by atoms with Gasteiger partial charge in [-0.05, 0) is 45.4 Å². The van der Waals surface area contributed by atoms with E-state index in [0.29, 0.717) is 12.1 Å². The molecule has 128 valence electrons. The van der Waals surface area contributed by atoms with Gasteiger partial charge in [0.2, 0.25) is 0 Å². The molecule has 0 bridgehead atoms. The maximum Gasteiger partial charge on any atom is 0.138 e. The van der Waals surface area contributed by atoms with Crippen molar-refractivity contribution in [1.82, 2.24) is 15.0 Å². The van der Waals surface area contributed by atoms with Crippen LogP contribution in [0.3, 0.4) is 0 Å². The molecule has 2 atom stereocenters. The fraction of sp³-hybridized carbons (Fsp3) is 0.833. The molecule has 1 saturated carbocycles. The number of hydrogen-bond donors (Lipinski definition) is 0. The van der Waals surface area contributed by atoms with E-state index in [2.05, 4.69) is 15.0 Å². The van der Waals surface area contributed by atoms with E-state index in [1.54, 1.807) is 0 Å². The minimum atomic E-state index is 0.428. The molecule has 2 aliphatic heterocycles. The molecule has 0 spiro atoms. The van der Waals surface area contributed by atoms with Gasteiger partial charge in [0.05, 0.1) is 18.4 Å². The molecule has 5 nitrogen and oxygen atoms in total. The summed E-state index contributed by atoms with van der Waals surface area (Å²) in [7, 11) is 0. The van der Waals surface area contributed by atoms with Crippen LogP contribution in [-0.4, -0.2) is 59.9 Å². The van der Waals surface area contributed by atoms with Gasteiger partial charge < -0.3 is 9.26 Å². The number of aromatic nitrogens is 1. The van der Waals surface area contributed by atoms with Gasteiger partial charge in [-0.2, -0.15) is 0 Å². The summed E-state index contributed by atoms with van der Waals surface area (Å²) in [4.78, 5) is 5.29. The van der Waals surface area contributed by atoms with Crippen LogP contribution < -0.4 is 0 Å². The maximum atomic E-state index is 6.13. The fourth-order valence-electron chi connectivity index (χ4n) is 4.18. The number of morpholine rings is 1. The van der Waals surface area contributed by atoms with Gasteiger partial charge in [-0.1, -0.05) is 5.16 Å². The van der Waals surface area contributed by atoms with Gasteiger partial charge in [0.1, 0.15) is 5.76 Å². The molecular formula is C18H29N3O2. The van der Waals surface area contributed by atoms with Gasteiger partial charge in [0.25, 0.3) is 0 Å². The molecule has 0 N–H and O–H groups in total. The van der Waals surface area contributed by atoms with Crippen LogP contribution in [0.15, 0.2) is 4.52 Å². The minimum Gasteiger partial charge on any atom is -0.375 e. The highest BCUT2D eigenvalue weighted by Crippen LogP contribution is 2.33. The van der Waals surface area contributed by atoms with Crippen molar-refractivity contribution >= 4 is 0 Å². The quantitative estimate of drug-likeness (QED) is 0.852. The first-order valence-electron chi connectivity index (χ1n) is 9.20. The van der Waals surface area contributed by atoms with Crippen LogP contribution in [0.2, 0.25) is 0 Å². The lowest BCUT2D eigenvalue weighted by molar-refractivity contribution is -0.0727. The first-order valence-corrected chi connectivity index (χ1v) is 9.20. The van der Waals surface area contributed by atoms with Crippen LogP contribution in [0.25, 0.3) is 0 Å². The van der Waals surface area contributed by atoms with Crippen molar-refractivity contribution in [3.05, 3.63) is 17.0 Å². The zero-order valence-corrected chi connectivity index (χ0v) is 14.5. The average molecular weight is 319 g/mol. The Morgan fingerprint density at radius 1 is 1.09 bits per heavy atom. The number of aryl methyl sites for hydroxylation is 2. The van der Waals surface area contributed by atoms with Gasteiger partial charge in [-0.3, -0.25) is 9.80 Å². The van der Waals surface area contributed by atoms with E-state index in [4.69, 9.17) is 9.26 Å². The van der Waals surface area contributed by atoms with Crippen molar-refractivity contribution in [3.63, 3.8) is 0 Å². The van der Waals surface area contributed by atoms with Gasteiger partial charge >= 0.3 is 0 Å². The Morgan fingerprint density at radius 3 is 2.65 bits per heavy atom. The lowest BCUT2D eigenvalue weighted by Crippen LogP contribution is -2.51. The molecular weight excluding hydrogens is 290 g/mol. The van der Waals surface area contributed by atoms with Gasteiger partial charge in [-0.25, -0.2) is 0 Å². The van der Waals surface area contributed by atoms with E-state index < -0.39 is 0 Å². The van der Waals surface area contributed by atoms with Crippen molar-refractivity contribution in [3.8, 4) is 0 Å². The largest absolute Gasteiger partial charge is 0.375 e. The van der Waals surface area contributed by atoms with Crippen molar-refractivity contribution in [2.24, 2.45) is 5.92 Å². The van der Waals surface area contributed by atoms with E-state index in [1.165, 1.54) is 31.4 Å². The molecule has 4 rings (SSSR count). The molecule has 5 heteroatoms. The van der Waals surface area contributed by atoms with E-state index in [0.717, 1.165) is 56.6 Å². The number of fused-ring (bicyclic) bond motifs is 1. The second-order valence-electron chi connectivity index (χ2n) is 7.57. The first-order chi connectivity index (χ1) is 11.2. The van der Waals surface area contributed by atoms with Gasteiger partial charge in [0, 0.05) is 44.3 Å². The third-order valence-corrected chi connectivity index (χ3v) is 5.83. The number of hydrogen-bond acceptors (Lipinski definition) is 5. The van der Waals surface area contributed by atoms with Crippen LogP contribution in [0, 0.1) is 19.8 Å². The summed E-state index contributed by atoms with van der Waals surface area (Å²) in [6, 6.07) is 0.624. The van der Waals surface area contributed by atoms with Crippen LogP contribution in [0.5, 0.6) is 0 Å². The number of rotatable bonds is 4. The van der Waals surface area contributed by atoms with E-state index >= 15 is 0 Å². The summed E-state index contributed by atoms with van der Waals surface area (Å²) >= 11 is 0. The first kappa shape index (κ1) is 15.6. The Hall–Kier alpha value is -0.910. The summed E-state index contributed by atoms with van der Waals surface area (Å²) in [6.07, 6.45) is 5.67. The van der Waals surface area contributed by atoms with Crippen molar-refractivity contribution in [2.45, 2.75) is 58.2 Å². The summed E-state index contributed by atoms with van der Waals surface area (Å²) < 4.78 is 11.4. The highest BCUT2D eigenvalue weighted by molar-refractivity contribution is 5.20.